The summed E-state index contributed by atoms with van der Waals surface area (Å²) in [6.45, 7) is 3.85. The van der Waals surface area contributed by atoms with Crippen LogP contribution in [0.1, 0.15) is 11.3 Å². The molecule has 0 saturated carbocycles. The highest BCUT2D eigenvalue weighted by molar-refractivity contribution is 7.22. The molecule has 3 aromatic rings. The van der Waals surface area contributed by atoms with Crippen molar-refractivity contribution in [2.24, 2.45) is 5.11 Å². The van der Waals surface area contributed by atoms with Crippen molar-refractivity contribution in [1.82, 2.24) is 4.98 Å². The summed E-state index contributed by atoms with van der Waals surface area (Å²) in [4.78, 5) is 19.3. The van der Waals surface area contributed by atoms with Gasteiger partial charge in [-0.1, -0.05) is 5.11 Å². The molecule has 0 spiro atoms. The number of nitrogens with zero attached hydrogens (tertiary/aromatic N) is 5. The number of benzene rings is 1. The molecule has 114 valence electrons. The Balaban J connectivity index is 2.28. The van der Waals surface area contributed by atoms with Crippen LogP contribution in [0.25, 0.3) is 31.1 Å². The normalized spacial score (nSPS) is 10.5. The molecular weight excluding hydrogens is 314 g/mol. The third-order valence-electron chi connectivity index (χ3n) is 3.45. The van der Waals surface area contributed by atoms with Gasteiger partial charge in [0.2, 0.25) is 0 Å². The zero-order valence-corrected chi connectivity index (χ0v) is 13.2. The van der Waals surface area contributed by atoms with Gasteiger partial charge in [-0.3, -0.25) is 10.1 Å². The van der Waals surface area contributed by atoms with Gasteiger partial charge >= 0.3 is 0 Å². The van der Waals surface area contributed by atoms with E-state index in [2.05, 4.69) is 15.0 Å². The maximum absolute atomic E-state index is 10.8. The molecule has 0 fully saturated rings. The summed E-state index contributed by atoms with van der Waals surface area (Å²) in [6.07, 6.45) is 0. The number of rotatable bonds is 3. The second-order valence-electron chi connectivity index (χ2n) is 5.03. The Morgan fingerprint density at radius 2 is 2.00 bits per heavy atom. The second-order valence-corrected chi connectivity index (χ2v) is 6.03. The molecule has 0 aliphatic carbocycles. The van der Waals surface area contributed by atoms with Gasteiger partial charge in [0.25, 0.3) is 5.69 Å². The van der Waals surface area contributed by atoms with Crippen LogP contribution in [0.2, 0.25) is 0 Å². The Labute approximate surface area is 135 Å². The van der Waals surface area contributed by atoms with E-state index in [4.69, 9.17) is 5.53 Å². The smallest absolute Gasteiger partial charge is 0.258 e. The van der Waals surface area contributed by atoms with Crippen LogP contribution in [0.4, 0.5) is 11.4 Å². The van der Waals surface area contributed by atoms with Gasteiger partial charge in [0, 0.05) is 33.0 Å². The van der Waals surface area contributed by atoms with E-state index in [1.165, 1.54) is 23.5 Å². The van der Waals surface area contributed by atoms with E-state index in [1.807, 2.05) is 19.9 Å². The summed E-state index contributed by atoms with van der Waals surface area (Å²) in [7, 11) is 0. The van der Waals surface area contributed by atoms with Crippen LogP contribution in [0.15, 0.2) is 35.4 Å². The number of aromatic nitrogens is 1. The quantitative estimate of drug-likeness (QED) is 0.211. The van der Waals surface area contributed by atoms with E-state index >= 15 is 0 Å². The zero-order valence-electron chi connectivity index (χ0n) is 12.3. The van der Waals surface area contributed by atoms with Gasteiger partial charge in [-0.15, -0.1) is 11.3 Å². The van der Waals surface area contributed by atoms with E-state index in [0.717, 1.165) is 31.9 Å². The standard InChI is InChI=1S/C15H11N5O2S/c1-8-7-9(2)17-15-12(8)13(18-19-16)14(23-15)10-3-5-11(6-4-10)20(21)22/h3-7H,1-2H3. The topological polar surface area (TPSA) is 105 Å². The Bertz CT molecular complexity index is 972. The number of nitro benzene ring substituents is 1. The van der Waals surface area contributed by atoms with Gasteiger partial charge in [-0.05, 0) is 48.7 Å². The molecular formula is C15H11N5O2S. The van der Waals surface area contributed by atoms with Crippen LogP contribution in [0.5, 0.6) is 0 Å². The SMILES string of the molecule is Cc1cc(C)c2c(N=[N+]=[N-])c(-c3ccc([N+](=O)[O-])cc3)sc2n1. The van der Waals surface area contributed by atoms with Gasteiger partial charge in [0.15, 0.2) is 0 Å². The summed E-state index contributed by atoms with van der Waals surface area (Å²) in [6, 6.07) is 8.12. The van der Waals surface area contributed by atoms with Crippen LogP contribution < -0.4 is 0 Å². The first-order chi connectivity index (χ1) is 11.0. The fourth-order valence-electron chi connectivity index (χ4n) is 2.49. The number of thiophene rings is 1. The molecule has 0 unspecified atom stereocenters. The number of azide groups is 1. The molecule has 0 N–H and O–H groups in total. The molecule has 8 heteroatoms. The molecule has 0 atom stereocenters. The summed E-state index contributed by atoms with van der Waals surface area (Å²) >= 11 is 1.41. The average Bonchev–Trinajstić information content (AvgIpc) is 2.86. The van der Waals surface area contributed by atoms with Crippen molar-refractivity contribution in [3.8, 4) is 10.4 Å². The minimum absolute atomic E-state index is 0.0188. The molecule has 0 bridgehead atoms. The molecule has 0 aliphatic heterocycles. The monoisotopic (exact) mass is 325 g/mol. The van der Waals surface area contributed by atoms with Gasteiger partial charge in [-0.25, -0.2) is 4.98 Å². The number of hydrogen-bond donors (Lipinski definition) is 0. The first kappa shape index (κ1) is 15.0. The minimum atomic E-state index is -0.446. The van der Waals surface area contributed by atoms with E-state index < -0.39 is 4.92 Å². The fraction of sp³-hybridized carbons (Fsp3) is 0.133. The lowest BCUT2D eigenvalue weighted by atomic mass is 10.1. The molecule has 2 heterocycles. The maximum atomic E-state index is 10.8. The number of nitro groups is 1. The third kappa shape index (κ3) is 2.61. The van der Waals surface area contributed by atoms with Crippen LogP contribution in [0, 0.1) is 24.0 Å². The van der Waals surface area contributed by atoms with Crippen molar-refractivity contribution < 1.29 is 4.92 Å². The van der Waals surface area contributed by atoms with E-state index in [9.17, 15) is 10.1 Å². The van der Waals surface area contributed by atoms with Crippen LogP contribution >= 0.6 is 11.3 Å². The van der Waals surface area contributed by atoms with Crippen molar-refractivity contribution in [2.45, 2.75) is 13.8 Å². The molecule has 23 heavy (non-hydrogen) atoms. The Kier molecular flexibility index (Phi) is 3.69. The average molecular weight is 325 g/mol. The summed E-state index contributed by atoms with van der Waals surface area (Å²) in [5, 5.41) is 15.4. The van der Waals surface area contributed by atoms with Crippen molar-refractivity contribution in [2.75, 3.05) is 0 Å². The first-order valence-electron chi connectivity index (χ1n) is 6.72. The van der Waals surface area contributed by atoms with Crippen LogP contribution in [0.3, 0.4) is 0 Å². The van der Waals surface area contributed by atoms with Crippen molar-refractivity contribution in [1.29, 1.82) is 0 Å². The lowest BCUT2D eigenvalue weighted by Crippen LogP contribution is -1.86. The number of hydrogen-bond acceptors (Lipinski definition) is 5. The number of aryl methyl sites for hydroxylation is 2. The van der Waals surface area contributed by atoms with Gasteiger partial charge in [0.1, 0.15) is 4.83 Å². The molecule has 0 aliphatic rings. The first-order valence-corrected chi connectivity index (χ1v) is 7.53. The van der Waals surface area contributed by atoms with Crippen LogP contribution in [-0.2, 0) is 0 Å². The largest absolute Gasteiger partial charge is 0.269 e. The van der Waals surface area contributed by atoms with Crippen molar-refractivity contribution >= 4 is 32.9 Å². The number of fused-ring (bicyclic) bond motifs is 1. The lowest BCUT2D eigenvalue weighted by molar-refractivity contribution is -0.384. The number of pyridine rings is 1. The van der Waals surface area contributed by atoms with Crippen molar-refractivity contribution in [3.05, 3.63) is 62.1 Å². The third-order valence-corrected chi connectivity index (χ3v) is 4.57. The highest BCUT2D eigenvalue weighted by Gasteiger charge is 2.17. The van der Waals surface area contributed by atoms with E-state index in [1.54, 1.807) is 12.1 Å². The number of non-ortho nitro benzene ring substituents is 1. The molecule has 7 nitrogen and oxygen atoms in total. The van der Waals surface area contributed by atoms with E-state index in [0.29, 0.717) is 5.69 Å². The maximum Gasteiger partial charge on any atom is 0.269 e. The summed E-state index contributed by atoms with van der Waals surface area (Å²) < 4.78 is 0. The molecule has 1 aromatic carbocycles. The van der Waals surface area contributed by atoms with E-state index in [-0.39, 0.29) is 5.69 Å². The van der Waals surface area contributed by atoms with Crippen LogP contribution in [-0.4, -0.2) is 9.91 Å². The Morgan fingerprint density at radius 3 is 2.61 bits per heavy atom. The minimum Gasteiger partial charge on any atom is -0.258 e. The van der Waals surface area contributed by atoms with Gasteiger partial charge in [0.05, 0.1) is 10.6 Å². The summed E-state index contributed by atoms with van der Waals surface area (Å²) in [5.74, 6) is 0. The molecule has 0 radical (unpaired) electrons. The Hall–Kier alpha value is -2.96. The lowest BCUT2D eigenvalue weighted by Gasteiger charge is -2.01. The molecule has 0 saturated heterocycles. The molecule has 0 amide bonds. The zero-order chi connectivity index (χ0) is 16.6. The van der Waals surface area contributed by atoms with Gasteiger partial charge in [-0.2, -0.15) is 0 Å². The molecule has 3 rings (SSSR count). The van der Waals surface area contributed by atoms with Crippen molar-refractivity contribution in [3.63, 3.8) is 0 Å². The summed E-state index contributed by atoms with van der Waals surface area (Å²) in [5.41, 5.74) is 12.1. The molecule has 2 aromatic heterocycles. The highest BCUT2D eigenvalue weighted by atomic mass is 32.1. The van der Waals surface area contributed by atoms with Gasteiger partial charge < -0.3 is 0 Å². The fourth-order valence-corrected chi connectivity index (χ4v) is 3.73. The predicted octanol–water partition coefficient (Wildman–Crippen LogP) is 5.43. The Morgan fingerprint density at radius 1 is 1.30 bits per heavy atom. The second kappa shape index (κ2) is 5.68. The predicted molar refractivity (Wildman–Crippen MR) is 90.0 cm³/mol. The highest BCUT2D eigenvalue weighted by Crippen LogP contribution is 2.45.